The van der Waals surface area contributed by atoms with Crippen LogP contribution in [-0.2, 0) is 17.9 Å². The van der Waals surface area contributed by atoms with Gasteiger partial charge in [-0.25, -0.2) is 9.37 Å². The zero-order valence-corrected chi connectivity index (χ0v) is 15.1. The van der Waals surface area contributed by atoms with Crippen LogP contribution in [0, 0.1) is 13.8 Å². The molecule has 1 aromatic carbocycles. The smallest absolute Gasteiger partial charge is 0.140 e. The molecular weight excluding hydrogens is 331 g/mol. The monoisotopic (exact) mass is 354 g/mol. The van der Waals surface area contributed by atoms with Crippen LogP contribution in [0.25, 0.3) is 11.0 Å². The summed E-state index contributed by atoms with van der Waals surface area (Å²) in [7, 11) is 0. The van der Waals surface area contributed by atoms with Crippen LogP contribution in [0.2, 0.25) is 0 Å². The molecule has 0 saturated carbocycles. The molecule has 0 aliphatic carbocycles. The van der Waals surface area contributed by atoms with E-state index in [1.807, 2.05) is 23.1 Å². The fourth-order valence-corrected chi connectivity index (χ4v) is 3.39. The van der Waals surface area contributed by atoms with Gasteiger partial charge in [0.1, 0.15) is 24.7 Å². The van der Waals surface area contributed by atoms with Crippen LogP contribution in [0.1, 0.15) is 22.6 Å². The molecule has 0 bridgehead atoms. The number of hydrogen-bond acceptors (Lipinski definition) is 4. The molecule has 4 rings (SSSR count). The maximum Gasteiger partial charge on any atom is 0.140 e. The summed E-state index contributed by atoms with van der Waals surface area (Å²) < 4.78 is 20.2. The van der Waals surface area contributed by atoms with E-state index in [-0.39, 0.29) is 6.61 Å². The third-order valence-electron chi connectivity index (χ3n) is 4.97. The van der Waals surface area contributed by atoms with E-state index in [0.29, 0.717) is 19.6 Å². The first kappa shape index (κ1) is 17.1. The highest BCUT2D eigenvalue weighted by Crippen LogP contribution is 2.21. The van der Waals surface area contributed by atoms with Crippen molar-refractivity contribution >= 4 is 11.0 Å². The number of aromatic amines is 1. The number of nitrogens with zero attached hydrogens (tertiary/aromatic N) is 3. The predicted molar refractivity (Wildman–Crippen MR) is 98.6 cm³/mol. The third-order valence-corrected chi connectivity index (χ3v) is 4.97. The van der Waals surface area contributed by atoms with Gasteiger partial charge in [0.15, 0.2) is 0 Å². The average Bonchev–Trinajstić information content (AvgIpc) is 3.17. The molecule has 2 atom stereocenters. The van der Waals surface area contributed by atoms with Gasteiger partial charge in [0.05, 0.1) is 16.7 Å². The van der Waals surface area contributed by atoms with Crippen LogP contribution in [0.3, 0.4) is 0 Å². The van der Waals surface area contributed by atoms with Gasteiger partial charge in [0.2, 0.25) is 0 Å². The number of fused-ring (bicyclic) bond motifs is 1. The number of H-pyrrole nitrogens is 1. The molecule has 1 saturated heterocycles. The Labute approximate surface area is 152 Å². The molecule has 1 aliphatic heterocycles. The molecule has 2 unspecified atom stereocenters. The molecule has 3 heterocycles. The van der Waals surface area contributed by atoms with Crippen molar-refractivity contribution in [2.75, 3.05) is 13.1 Å². The average molecular weight is 354 g/mol. The highest BCUT2D eigenvalue weighted by atomic mass is 19.1. The second-order valence-corrected chi connectivity index (χ2v) is 7.02. The van der Waals surface area contributed by atoms with E-state index in [1.54, 1.807) is 6.20 Å². The lowest BCUT2D eigenvalue weighted by molar-refractivity contribution is 0.00861. The summed E-state index contributed by atoms with van der Waals surface area (Å²) in [5, 5.41) is 0. The highest BCUT2D eigenvalue weighted by Gasteiger charge is 2.33. The second-order valence-electron chi connectivity index (χ2n) is 7.02. The minimum Gasteiger partial charge on any atom is -0.366 e. The largest absolute Gasteiger partial charge is 0.366 e. The van der Waals surface area contributed by atoms with Crippen molar-refractivity contribution in [3.63, 3.8) is 0 Å². The van der Waals surface area contributed by atoms with Gasteiger partial charge in [-0.1, -0.05) is 6.07 Å². The van der Waals surface area contributed by atoms with E-state index in [0.717, 1.165) is 22.6 Å². The number of alkyl halides is 1. The molecule has 0 amide bonds. The molecule has 26 heavy (non-hydrogen) atoms. The molecular formula is C20H23FN4O. The Morgan fingerprint density at radius 3 is 2.88 bits per heavy atom. The van der Waals surface area contributed by atoms with Gasteiger partial charge in [0, 0.05) is 25.8 Å². The van der Waals surface area contributed by atoms with Crippen LogP contribution >= 0.6 is 0 Å². The number of aryl methyl sites for hydroxylation is 2. The number of rotatable bonds is 5. The predicted octanol–water partition coefficient (Wildman–Crippen LogP) is 3.31. The van der Waals surface area contributed by atoms with Crippen molar-refractivity contribution < 1.29 is 9.13 Å². The topological polar surface area (TPSA) is 54.0 Å². The van der Waals surface area contributed by atoms with Crippen molar-refractivity contribution in [1.29, 1.82) is 0 Å². The van der Waals surface area contributed by atoms with E-state index >= 15 is 0 Å². The number of benzene rings is 1. The van der Waals surface area contributed by atoms with Crippen molar-refractivity contribution in [2.45, 2.75) is 39.3 Å². The molecule has 1 aliphatic rings. The van der Waals surface area contributed by atoms with E-state index < -0.39 is 12.3 Å². The van der Waals surface area contributed by atoms with Crippen molar-refractivity contribution in [1.82, 2.24) is 19.9 Å². The minimum absolute atomic E-state index is 0.287. The Kier molecular flexibility index (Phi) is 4.70. The fourth-order valence-electron chi connectivity index (χ4n) is 3.39. The van der Waals surface area contributed by atoms with Crippen LogP contribution in [0.15, 0.2) is 36.5 Å². The number of nitrogens with one attached hydrogen (secondary N) is 1. The van der Waals surface area contributed by atoms with Crippen LogP contribution in [0.5, 0.6) is 0 Å². The van der Waals surface area contributed by atoms with Gasteiger partial charge in [-0.05, 0) is 49.2 Å². The lowest BCUT2D eigenvalue weighted by atomic mass is 10.1. The Morgan fingerprint density at radius 2 is 2.08 bits per heavy atom. The summed E-state index contributed by atoms with van der Waals surface area (Å²) in [5.74, 6) is 0.736. The first-order valence-corrected chi connectivity index (χ1v) is 8.92. The fraction of sp³-hybridized carbons (Fsp3) is 0.400. The number of halogens is 1. The number of likely N-dealkylation sites (tertiary alicyclic amines) is 1. The zero-order chi connectivity index (χ0) is 18.1. The standard InChI is InChI=1S/C20H23FN4O/c1-13-7-17-18(8-14(13)2)24-20(23-17)12-26-19-11-25(10-16(19)21)9-15-5-3-4-6-22-15/h3-8,16,19H,9-12H2,1-2H3,(H,23,24). The first-order valence-electron chi connectivity index (χ1n) is 8.92. The molecule has 0 radical (unpaired) electrons. The summed E-state index contributed by atoms with van der Waals surface area (Å²) in [6, 6.07) is 9.94. The van der Waals surface area contributed by atoms with E-state index in [9.17, 15) is 4.39 Å². The number of hydrogen-bond donors (Lipinski definition) is 1. The lowest BCUT2D eigenvalue weighted by Crippen LogP contribution is -2.24. The number of pyridine rings is 1. The summed E-state index contributed by atoms with van der Waals surface area (Å²) in [5.41, 5.74) is 5.29. The lowest BCUT2D eigenvalue weighted by Gasteiger charge is -2.15. The first-order chi connectivity index (χ1) is 12.6. The SMILES string of the molecule is Cc1cc2nc(COC3CN(Cc4ccccn4)CC3F)[nH]c2cc1C. The van der Waals surface area contributed by atoms with Crippen LogP contribution in [0.4, 0.5) is 4.39 Å². The van der Waals surface area contributed by atoms with E-state index in [1.165, 1.54) is 11.1 Å². The third kappa shape index (κ3) is 3.61. The molecule has 2 aromatic heterocycles. The Balaban J connectivity index is 1.37. The number of aromatic nitrogens is 3. The molecule has 1 N–H and O–H groups in total. The van der Waals surface area contributed by atoms with Gasteiger partial charge >= 0.3 is 0 Å². The Bertz CT molecular complexity index is 856. The van der Waals surface area contributed by atoms with Crippen molar-refractivity contribution in [2.24, 2.45) is 0 Å². The van der Waals surface area contributed by atoms with Gasteiger partial charge in [-0.2, -0.15) is 0 Å². The molecule has 5 nitrogen and oxygen atoms in total. The van der Waals surface area contributed by atoms with Crippen molar-refractivity contribution in [3.8, 4) is 0 Å². The second kappa shape index (κ2) is 7.13. The number of ether oxygens (including phenoxy) is 1. The molecule has 3 aromatic rings. The van der Waals surface area contributed by atoms with E-state index in [2.05, 4.69) is 40.9 Å². The van der Waals surface area contributed by atoms with Gasteiger partial charge in [-0.3, -0.25) is 9.88 Å². The summed E-state index contributed by atoms with van der Waals surface area (Å²) in [4.78, 5) is 14.2. The normalized spacial score (nSPS) is 20.9. The molecule has 0 spiro atoms. The van der Waals surface area contributed by atoms with Crippen LogP contribution in [-0.4, -0.2) is 45.2 Å². The van der Waals surface area contributed by atoms with E-state index in [4.69, 9.17) is 4.74 Å². The Morgan fingerprint density at radius 1 is 1.23 bits per heavy atom. The minimum atomic E-state index is -0.993. The summed E-state index contributed by atoms with van der Waals surface area (Å²) in [6.45, 7) is 6.02. The van der Waals surface area contributed by atoms with Gasteiger partial charge in [-0.15, -0.1) is 0 Å². The van der Waals surface area contributed by atoms with Crippen LogP contribution < -0.4 is 0 Å². The quantitative estimate of drug-likeness (QED) is 0.764. The summed E-state index contributed by atoms with van der Waals surface area (Å²) >= 11 is 0. The molecule has 136 valence electrons. The number of imidazole rings is 1. The zero-order valence-electron chi connectivity index (χ0n) is 15.1. The molecule has 1 fully saturated rings. The Hall–Kier alpha value is -2.31. The summed E-state index contributed by atoms with van der Waals surface area (Å²) in [6.07, 6.45) is 0.333. The van der Waals surface area contributed by atoms with Gasteiger partial charge in [0.25, 0.3) is 0 Å². The molecule has 6 heteroatoms. The van der Waals surface area contributed by atoms with Gasteiger partial charge < -0.3 is 9.72 Å². The highest BCUT2D eigenvalue weighted by molar-refractivity contribution is 5.77. The van der Waals surface area contributed by atoms with Crippen molar-refractivity contribution in [3.05, 3.63) is 59.2 Å². The maximum atomic E-state index is 14.3. The maximum absolute atomic E-state index is 14.3.